The van der Waals surface area contributed by atoms with Crippen molar-refractivity contribution in [2.45, 2.75) is 51.4 Å². The van der Waals surface area contributed by atoms with Gasteiger partial charge in [0.2, 0.25) is 0 Å². The van der Waals surface area contributed by atoms with E-state index < -0.39 is 0 Å². The normalized spacial score (nSPS) is 10.9. The van der Waals surface area contributed by atoms with Gasteiger partial charge in [-0.3, -0.25) is 14.8 Å². The van der Waals surface area contributed by atoms with Crippen molar-refractivity contribution in [2.75, 3.05) is 11.9 Å². The van der Waals surface area contributed by atoms with E-state index in [0.29, 0.717) is 6.42 Å². The molecule has 0 amide bonds. The standard InChI is InChI=1S/C24H29N3O/c28-24(20-13-17-25-18-14-20)12-6-4-2-1-3-5-9-16-26-23-15-19-27-22-11-8-7-10-21(22)23/h7-8,10-11,13-15,17-19H,1-6,9,12,16H2,(H,26,27). The Morgan fingerprint density at radius 3 is 2.32 bits per heavy atom. The highest BCUT2D eigenvalue weighted by Crippen LogP contribution is 2.21. The number of Topliss-reactive ketones (excluding diaryl/α,β-unsaturated/α-hetero) is 1. The van der Waals surface area contributed by atoms with Gasteiger partial charge in [-0.25, -0.2) is 0 Å². The Hall–Kier alpha value is -2.75. The maximum Gasteiger partial charge on any atom is 0.162 e. The molecule has 2 aromatic heterocycles. The highest BCUT2D eigenvalue weighted by atomic mass is 16.1. The molecule has 3 rings (SSSR count). The fourth-order valence-corrected chi connectivity index (χ4v) is 3.45. The third-order valence-electron chi connectivity index (χ3n) is 5.05. The summed E-state index contributed by atoms with van der Waals surface area (Å²) in [4.78, 5) is 20.4. The van der Waals surface area contributed by atoms with Gasteiger partial charge in [-0.2, -0.15) is 0 Å². The smallest absolute Gasteiger partial charge is 0.162 e. The number of aromatic nitrogens is 2. The predicted molar refractivity (Wildman–Crippen MR) is 116 cm³/mol. The maximum absolute atomic E-state index is 12.0. The van der Waals surface area contributed by atoms with Gasteiger partial charge in [-0.15, -0.1) is 0 Å². The molecule has 0 aliphatic rings. The SMILES string of the molecule is O=C(CCCCCCCCCNc1ccnc2ccccc12)c1ccncc1. The van der Waals surface area contributed by atoms with E-state index in [0.717, 1.165) is 30.5 Å². The molecule has 3 aromatic rings. The van der Waals surface area contributed by atoms with Gasteiger partial charge in [0, 0.05) is 48.2 Å². The molecular weight excluding hydrogens is 346 g/mol. The Labute approximate surface area is 167 Å². The number of carbonyl (C=O) groups excluding carboxylic acids is 1. The van der Waals surface area contributed by atoms with Crippen LogP contribution in [-0.2, 0) is 0 Å². The predicted octanol–water partition coefficient (Wildman–Crippen LogP) is 6.05. The zero-order valence-corrected chi connectivity index (χ0v) is 16.4. The van der Waals surface area contributed by atoms with Gasteiger partial charge in [0.15, 0.2) is 5.78 Å². The van der Waals surface area contributed by atoms with Crippen molar-refractivity contribution < 1.29 is 4.79 Å². The lowest BCUT2D eigenvalue weighted by Crippen LogP contribution is -2.02. The molecule has 0 aliphatic heterocycles. The van der Waals surface area contributed by atoms with Gasteiger partial charge in [0.1, 0.15) is 0 Å². The molecule has 0 aliphatic carbocycles. The fourth-order valence-electron chi connectivity index (χ4n) is 3.45. The number of para-hydroxylation sites is 1. The molecule has 0 fully saturated rings. The first-order valence-corrected chi connectivity index (χ1v) is 10.4. The number of fused-ring (bicyclic) bond motifs is 1. The van der Waals surface area contributed by atoms with Gasteiger partial charge in [0.25, 0.3) is 0 Å². The third-order valence-corrected chi connectivity index (χ3v) is 5.05. The number of carbonyl (C=O) groups is 1. The number of anilines is 1. The summed E-state index contributed by atoms with van der Waals surface area (Å²) in [6, 6.07) is 13.9. The molecular formula is C24H29N3O. The number of unbranched alkanes of at least 4 members (excludes halogenated alkanes) is 6. The first-order valence-electron chi connectivity index (χ1n) is 10.4. The molecule has 0 unspecified atom stereocenters. The first-order chi connectivity index (χ1) is 13.8. The molecule has 146 valence electrons. The number of nitrogens with zero attached hydrogens (tertiary/aromatic N) is 2. The topological polar surface area (TPSA) is 54.9 Å². The minimum atomic E-state index is 0.233. The number of nitrogens with one attached hydrogen (secondary N) is 1. The third kappa shape index (κ3) is 6.15. The fraction of sp³-hybridized carbons (Fsp3) is 0.375. The second-order valence-corrected chi connectivity index (χ2v) is 7.19. The molecule has 28 heavy (non-hydrogen) atoms. The second-order valence-electron chi connectivity index (χ2n) is 7.19. The summed E-state index contributed by atoms with van der Waals surface area (Å²) in [5, 5.41) is 4.73. The summed E-state index contributed by atoms with van der Waals surface area (Å²) in [6.45, 7) is 0.994. The van der Waals surface area contributed by atoms with Crippen LogP contribution < -0.4 is 5.32 Å². The molecule has 0 bridgehead atoms. The molecule has 1 aromatic carbocycles. The lowest BCUT2D eigenvalue weighted by molar-refractivity contribution is 0.0979. The van der Waals surface area contributed by atoms with Crippen LogP contribution in [0.5, 0.6) is 0 Å². The summed E-state index contributed by atoms with van der Waals surface area (Å²) in [5.74, 6) is 0.233. The molecule has 0 saturated heterocycles. The zero-order chi connectivity index (χ0) is 19.4. The van der Waals surface area contributed by atoms with Crippen molar-refractivity contribution in [1.82, 2.24) is 9.97 Å². The average Bonchev–Trinajstić information content (AvgIpc) is 2.75. The Balaban J connectivity index is 1.22. The molecule has 4 heteroatoms. The molecule has 1 N–H and O–H groups in total. The summed E-state index contributed by atoms with van der Waals surface area (Å²) >= 11 is 0. The Morgan fingerprint density at radius 1 is 0.786 bits per heavy atom. The Bertz CT molecular complexity index is 859. The van der Waals surface area contributed by atoms with Crippen LogP contribution >= 0.6 is 0 Å². The van der Waals surface area contributed by atoms with Crippen molar-refractivity contribution >= 4 is 22.4 Å². The number of hydrogen-bond donors (Lipinski definition) is 1. The van der Waals surface area contributed by atoms with Gasteiger partial charge in [-0.05, 0) is 37.1 Å². The van der Waals surface area contributed by atoms with Gasteiger partial charge in [-0.1, -0.05) is 50.3 Å². The van der Waals surface area contributed by atoms with Crippen LogP contribution in [0, 0.1) is 0 Å². The van der Waals surface area contributed by atoms with Crippen molar-refractivity contribution in [3.8, 4) is 0 Å². The van der Waals surface area contributed by atoms with Crippen LogP contribution in [0.4, 0.5) is 5.69 Å². The number of rotatable bonds is 12. The van der Waals surface area contributed by atoms with Crippen LogP contribution in [0.25, 0.3) is 10.9 Å². The number of hydrogen-bond acceptors (Lipinski definition) is 4. The lowest BCUT2D eigenvalue weighted by atomic mass is 10.0. The van der Waals surface area contributed by atoms with Gasteiger partial charge >= 0.3 is 0 Å². The quantitative estimate of drug-likeness (QED) is 0.309. The van der Waals surface area contributed by atoms with E-state index >= 15 is 0 Å². The van der Waals surface area contributed by atoms with Crippen molar-refractivity contribution in [3.05, 3.63) is 66.6 Å². The highest BCUT2D eigenvalue weighted by molar-refractivity contribution is 5.95. The van der Waals surface area contributed by atoms with E-state index in [4.69, 9.17) is 0 Å². The maximum atomic E-state index is 12.0. The molecule has 2 heterocycles. The van der Waals surface area contributed by atoms with Gasteiger partial charge in [0.05, 0.1) is 5.52 Å². The summed E-state index contributed by atoms with van der Waals surface area (Å²) in [7, 11) is 0. The molecule has 0 atom stereocenters. The number of ketones is 1. The van der Waals surface area contributed by atoms with Crippen LogP contribution in [-0.4, -0.2) is 22.3 Å². The summed E-state index contributed by atoms with van der Waals surface area (Å²) in [6.07, 6.45) is 14.1. The number of pyridine rings is 2. The van der Waals surface area contributed by atoms with E-state index in [9.17, 15) is 4.79 Å². The highest BCUT2D eigenvalue weighted by Gasteiger charge is 2.04. The van der Waals surface area contributed by atoms with Crippen molar-refractivity contribution in [3.63, 3.8) is 0 Å². The zero-order valence-electron chi connectivity index (χ0n) is 16.4. The lowest BCUT2D eigenvalue weighted by Gasteiger charge is -2.09. The van der Waals surface area contributed by atoms with Crippen LogP contribution in [0.3, 0.4) is 0 Å². The van der Waals surface area contributed by atoms with E-state index in [-0.39, 0.29) is 5.78 Å². The molecule has 0 spiro atoms. The Morgan fingerprint density at radius 2 is 1.50 bits per heavy atom. The second kappa shape index (κ2) is 11.2. The first kappa shape index (κ1) is 20.0. The summed E-state index contributed by atoms with van der Waals surface area (Å²) < 4.78 is 0. The minimum absolute atomic E-state index is 0.233. The largest absolute Gasteiger partial charge is 0.384 e. The molecule has 0 radical (unpaired) electrons. The monoisotopic (exact) mass is 375 g/mol. The van der Waals surface area contributed by atoms with E-state index in [1.54, 1.807) is 24.5 Å². The average molecular weight is 376 g/mol. The van der Waals surface area contributed by atoms with E-state index in [2.05, 4.69) is 33.5 Å². The van der Waals surface area contributed by atoms with Crippen LogP contribution in [0.1, 0.15) is 61.7 Å². The van der Waals surface area contributed by atoms with Gasteiger partial charge < -0.3 is 5.32 Å². The summed E-state index contributed by atoms with van der Waals surface area (Å²) in [5.41, 5.74) is 2.99. The van der Waals surface area contributed by atoms with Crippen LogP contribution in [0.15, 0.2) is 61.1 Å². The van der Waals surface area contributed by atoms with Crippen molar-refractivity contribution in [2.24, 2.45) is 0 Å². The van der Waals surface area contributed by atoms with Crippen molar-refractivity contribution in [1.29, 1.82) is 0 Å². The van der Waals surface area contributed by atoms with Crippen LogP contribution in [0.2, 0.25) is 0 Å². The van der Waals surface area contributed by atoms with E-state index in [1.807, 2.05) is 18.3 Å². The minimum Gasteiger partial charge on any atom is -0.384 e. The molecule has 0 saturated carbocycles. The van der Waals surface area contributed by atoms with E-state index in [1.165, 1.54) is 43.2 Å². The molecule has 4 nitrogen and oxygen atoms in total. The number of benzene rings is 1. The Kier molecular flexibility index (Phi) is 7.98.